The minimum absolute atomic E-state index is 0.740. The number of hydrogen-bond donors (Lipinski definition) is 0. The minimum atomic E-state index is 0.740. The van der Waals surface area contributed by atoms with Crippen molar-refractivity contribution in [2.24, 2.45) is 11.8 Å². The monoisotopic (exact) mass is 290 g/mol. The van der Waals surface area contributed by atoms with Gasteiger partial charge in [-0.15, -0.1) is 0 Å². The van der Waals surface area contributed by atoms with Gasteiger partial charge in [0.25, 0.3) is 0 Å². The average Bonchev–Trinajstić information content (AvgIpc) is 2.43. The van der Waals surface area contributed by atoms with Crippen LogP contribution < -0.4 is 0 Å². The molecule has 1 rings (SSSR count). The first-order valence-electron chi connectivity index (χ1n) is 6.92. The SMILES string of the molecule is CC(C)CCOCCC1CCCCCC1Br. The highest BCUT2D eigenvalue weighted by Crippen LogP contribution is 2.30. The summed E-state index contributed by atoms with van der Waals surface area (Å²) in [5, 5.41) is 0. The van der Waals surface area contributed by atoms with Crippen LogP contribution in [0.4, 0.5) is 0 Å². The quantitative estimate of drug-likeness (QED) is 0.388. The summed E-state index contributed by atoms with van der Waals surface area (Å²) in [5.41, 5.74) is 0. The van der Waals surface area contributed by atoms with E-state index in [1.807, 2.05) is 0 Å². The Hall–Kier alpha value is 0.440. The molecular weight excluding hydrogens is 264 g/mol. The highest BCUT2D eigenvalue weighted by Gasteiger charge is 2.20. The van der Waals surface area contributed by atoms with E-state index < -0.39 is 0 Å². The maximum atomic E-state index is 5.72. The number of halogens is 1. The Kier molecular flexibility index (Phi) is 7.72. The molecule has 0 heterocycles. The highest BCUT2D eigenvalue weighted by molar-refractivity contribution is 9.09. The molecular formula is C14H27BrO. The van der Waals surface area contributed by atoms with Crippen molar-refractivity contribution < 1.29 is 4.74 Å². The van der Waals surface area contributed by atoms with E-state index in [9.17, 15) is 0 Å². The van der Waals surface area contributed by atoms with Gasteiger partial charge >= 0.3 is 0 Å². The fourth-order valence-corrected chi connectivity index (χ4v) is 3.17. The largest absolute Gasteiger partial charge is 0.381 e. The predicted molar refractivity (Wildman–Crippen MR) is 74.2 cm³/mol. The molecule has 0 saturated heterocycles. The minimum Gasteiger partial charge on any atom is -0.381 e. The maximum Gasteiger partial charge on any atom is 0.0469 e. The van der Waals surface area contributed by atoms with Crippen LogP contribution in [-0.4, -0.2) is 18.0 Å². The van der Waals surface area contributed by atoms with Gasteiger partial charge < -0.3 is 4.74 Å². The predicted octanol–water partition coefficient (Wildman–Crippen LogP) is 4.78. The average molecular weight is 291 g/mol. The molecule has 0 aromatic carbocycles. The first-order valence-corrected chi connectivity index (χ1v) is 7.83. The van der Waals surface area contributed by atoms with E-state index in [-0.39, 0.29) is 0 Å². The Balaban J connectivity index is 2.06. The molecule has 16 heavy (non-hydrogen) atoms. The summed E-state index contributed by atoms with van der Waals surface area (Å²) >= 11 is 3.84. The normalized spacial score (nSPS) is 27.0. The van der Waals surface area contributed by atoms with Crippen molar-refractivity contribution in [1.29, 1.82) is 0 Å². The highest BCUT2D eigenvalue weighted by atomic mass is 79.9. The number of hydrogen-bond acceptors (Lipinski definition) is 1. The van der Waals surface area contributed by atoms with Crippen molar-refractivity contribution in [3.63, 3.8) is 0 Å². The summed E-state index contributed by atoms with van der Waals surface area (Å²) in [6.07, 6.45) is 9.43. The lowest BCUT2D eigenvalue weighted by Crippen LogP contribution is -2.15. The van der Waals surface area contributed by atoms with E-state index >= 15 is 0 Å². The summed E-state index contributed by atoms with van der Waals surface area (Å²) in [4.78, 5) is 0.740. The van der Waals surface area contributed by atoms with Gasteiger partial charge in [0.15, 0.2) is 0 Å². The Morgan fingerprint density at radius 1 is 1.12 bits per heavy atom. The van der Waals surface area contributed by atoms with E-state index in [0.29, 0.717) is 0 Å². The molecule has 2 atom stereocenters. The lowest BCUT2D eigenvalue weighted by Gasteiger charge is -2.19. The number of rotatable bonds is 6. The van der Waals surface area contributed by atoms with E-state index in [1.54, 1.807) is 0 Å². The van der Waals surface area contributed by atoms with Crippen molar-refractivity contribution in [2.45, 2.75) is 63.6 Å². The van der Waals surface area contributed by atoms with Gasteiger partial charge in [-0.3, -0.25) is 0 Å². The second-order valence-electron chi connectivity index (χ2n) is 5.50. The van der Waals surface area contributed by atoms with Crippen molar-refractivity contribution >= 4 is 15.9 Å². The smallest absolute Gasteiger partial charge is 0.0469 e. The van der Waals surface area contributed by atoms with Crippen LogP contribution in [0, 0.1) is 11.8 Å². The molecule has 0 bridgehead atoms. The van der Waals surface area contributed by atoms with Crippen LogP contribution in [-0.2, 0) is 4.74 Å². The second-order valence-corrected chi connectivity index (χ2v) is 6.67. The van der Waals surface area contributed by atoms with Gasteiger partial charge in [-0.25, -0.2) is 0 Å². The molecule has 2 unspecified atom stereocenters. The first kappa shape index (κ1) is 14.5. The zero-order valence-corrected chi connectivity index (χ0v) is 12.5. The molecule has 0 aliphatic heterocycles. The molecule has 0 amide bonds. The number of alkyl halides is 1. The van der Waals surface area contributed by atoms with Gasteiger partial charge in [-0.2, -0.15) is 0 Å². The second kappa shape index (κ2) is 8.52. The molecule has 0 radical (unpaired) electrons. The van der Waals surface area contributed by atoms with Gasteiger partial charge in [0.05, 0.1) is 0 Å². The Labute approximate surface area is 109 Å². The Bertz CT molecular complexity index is 170. The topological polar surface area (TPSA) is 9.23 Å². The molecule has 0 N–H and O–H groups in total. The molecule has 0 spiro atoms. The van der Waals surface area contributed by atoms with Gasteiger partial charge in [-0.1, -0.05) is 49.0 Å². The molecule has 0 aromatic heterocycles. The first-order chi connectivity index (χ1) is 7.70. The van der Waals surface area contributed by atoms with Gasteiger partial charge in [0.2, 0.25) is 0 Å². The van der Waals surface area contributed by atoms with Crippen LogP contribution in [0.5, 0.6) is 0 Å². The summed E-state index contributed by atoms with van der Waals surface area (Å²) in [7, 11) is 0. The third-order valence-electron chi connectivity index (χ3n) is 3.54. The third kappa shape index (κ3) is 6.24. The van der Waals surface area contributed by atoms with Crippen LogP contribution in [0.3, 0.4) is 0 Å². The maximum absolute atomic E-state index is 5.72. The van der Waals surface area contributed by atoms with E-state index in [2.05, 4.69) is 29.8 Å². The van der Waals surface area contributed by atoms with Crippen LogP contribution in [0.1, 0.15) is 58.8 Å². The summed E-state index contributed by atoms with van der Waals surface area (Å²) < 4.78 is 5.72. The summed E-state index contributed by atoms with van der Waals surface area (Å²) in [5.74, 6) is 1.61. The third-order valence-corrected chi connectivity index (χ3v) is 4.74. The van der Waals surface area contributed by atoms with E-state index in [4.69, 9.17) is 4.74 Å². The van der Waals surface area contributed by atoms with E-state index in [0.717, 1.165) is 29.9 Å². The number of ether oxygens (including phenoxy) is 1. The van der Waals surface area contributed by atoms with Crippen LogP contribution in [0.15, 0.2) is 0 Å². The Morgan fingerprint density at radius 3 is 2.62 bits per heavy atom. The lowest BCUT2D eigenvalue weighted by molar-refractivity contribution is 0.109. The van der Waals surface area contributed by atoms with Crippen molar-refractivity contribution in [3.8, 4) is 0 Å². The van der Waals surface area contributed by atoms with Crippen LogP contribution in [0.2, 0.25) is 0 Å². The lowest BCUT2D eigenvalue weighted by atomic mass is 9.97. The molecule has 1 aliphatic carbocycles. The van der Waals surface area contributed by atoms with Gasteiger partial charge in [0.1, 0.15) is 0 Å². The molecule has 1 saturated carbocycles. The molecule has 1 aliphatic rings. The fraction of sp³-hybridized carbons (Fsp3) is 1.00. The zero-order chi connectivity index (χ0) is 11.8. The van der Waals surface area contributed by atoms with Crippen LogP contribution >= 0.6 is 15.9 Å². The fourth-order valence-electron chi connectivity index (χ4n) is 2.32. The standard InChI is InChI=1S/C14H27BrO/c1-12(2)8-10-16-11-9-13-6-4-3-5-7-14(13)15/h12-14H,3-11H2,1-2H3. The zero-order valence-electron chi connectivity index (χ0n) is 10.9. The van der Waals surface area contributed by atoms with Crippen molar-refractivity contribution in [1.82, 2.24) is 0 Å². The summed E-state index contributed by atoms with van der Waals surface area (Å²) in [6.45, 7) is 6.41. The summed E-state index contributed by atoms with van der Waals surface area (Å²) in [6, 6.07) is 0. The van der Waals surface area contributed by atoms with Gasteiger partial charge in [-0.05, 0) is 37.5 Å². The van der Waals surface area contributed by atoms with Crippen molar-refractivity contribution in [3.05, 3.63) is 0 Å². The molecule has 96 valence electrons. The van der Waals surface area contributed by atoms with Gasteiger partial charge in [0, 0.05) is 18.0 Å². The molecule has 0 aromatic rings. The molecule has 2 heteroatoms. The van der Waals surface area contributed by atoms with E-state index in [1.165, 1.54) is 44.9 Å². The molecule has 1 nitrogen and oxygen atoms in total. The van der Waals surface area contributed by atoms with Crippen molar-refractivity contribution in [2.75, 3.05) is 13.2 Å². The van der Waals surface area contributed by atoms with Crippen LogP contribution in [0.25, 0.3) is 0 Å². The Morgan fingerprint density at radius 2 is 1.88 bits per heavy atom. The molecule has 1 fully saturated rings.